The summed E-state index contributed by atoms with van der Waals surface area (Å²) in [6.45, 7) is 16.0. The lowest BCUT2D eigenvalue weighted by molar-refractivity contribution is -0.105. The number of hydrogen-bond donors (Lipinski definition) is 3. The van der Waals surface area contributed by atoms with Gasteiger partial charge in [-0.3, -0.25) is 14.3 Å². The lowest BCUT2D eigenvalue weighted by atomic mass is 9.83. The van der Waals surface area contributed by atoms with Gasteiger partial charge in [-0.2, -0.15) is 0 Å². The molecule has 2 amide bonds. The second kappa shape index (κ2) is 15.6. The van der Waals surface area contributed by atoms with Crippen molar-refractivity contribution in [2.75, 3.05) is 35.7 Å². The van der Waals surface area contributed by atoms with Gasteiger partial charge in [-0.15, -0.1) is 0 Å². The number of nitrogens with zero attached hydrogens (tertiary/aromatic N) is 4. The first-order valence-corrected chi connectivity index (χ1v) is 18.3. The third-order valence-corrected chi connectivity index (χ3v) is 10.7. The first kappa shape index (κ1) is 37.4. The van der Waals surface area contributed by atoms with Gasteiger partial charge in [-0.05, 0) is 121 Å². The molecule has 3 atom stereocenters. The summed E-state index contributed by atoms with van der Waals surface area (Å²) in [6.07, 6.45) is 7.79. The largest absolute Gasteiger partial charge is 0.451 e. The van der Waals surface area contributed by atoms with Crippen LogP contribution in [0, 0.1) is 17.2 Å². The van der Waals surface area contributed by atoms with E-state index in [1.54, 1.807) is 23.0 Å². The van der Waals surface area contributed by atoms with E-state index < -0.39 is 5.82 Å². The zero-order valence-electron chi connectivity index (χ0n) is 30.5. The number of nitrogens with one attached hydrogen (secondary N) is 3. The molecular formula is C38H52FN7O3S. The van der Waals surface area contributed by atoms with Crippen LogP contribution in [-0.4, -0.2) is 70.2 Å². The van der Waals surface area contributed by atoms with Gasteiger partial charge in [0.2, 0.25) is 6.41 Å². The van der Waals surface area contributed by atoms with Gasteiger partial charge in [0.1, 0.15) is 17.9 Å². The third kappa shape index (κ3) is 8.69. The molecule has 3 N–H and O–H groups in total. The van der Waals surface area contributed by atoms with Crippen LogP contribution in [0.2, 0.25) is 0 Å². The number of anilines is 3. The first-order valence-electron chi connectivity index (χ1n) is 17.5. The Morgan fingerprint density at radius 2 is 1.88 bits per heavy atom. The van der Waals surface area contributed by atoms with Gasteiger partial charge in [0.05, 0.1) is 23.1 Å². The van der Waals surface area contributed by atoms with Crippen molar-refractivity contribution in [3.05, 3.63) is 65.9 Å². The van der Waals surface area contributed by atoms with Gasteiger partial charge in [0, 0.05) is 43.0 Å². The zero-order chi connectivity index (χ0) is 36.2. The Hall–Kier alpha value is -3.90. The van der Waals surface area contributed by atoms with Gasteiger partial charge in [-0.1, -0.05) is 18.0 Å². The summed E-state index contributed by atoms with van der Waals surface area (Å²) in [7, 11) is 1.85. The fraction of sp³-hybridized carbons (Fsp3) is 0.526. The minimum Gasteiger partial charge on any atom is -0.451 e. The molecule has 1 aliphatic heterocycles. The van der Waals surface area contributed by atoms with Gasteiger partial charge >= 0.3 is 0 Å². The molecule has 0 bridgehead atoms. The summed E-state index contributed by atoms with van der Waals surface area (Å²) in [4.78, 5) is 37.9. The van der Waals surface area contributed by atoms with E-state index in [-0.39, 0.29) is 39.5 Å². The number of carbonyl (C=O) groups is 2. The number of aromatic nitrogens is 2. The molecule has 0 radical (unpaired) electrons. The normalized spacial score (nSPS) is 20.5. The maximum absolute atomic E-state index is 14.5. The molecule has 2 fully saturated rings. The van der Waals surface area contributed by atoms with E-state index in [1.165, 1.54) is 30.1 Å². The number of hydrogen-bond acceptors (Lipinski definition) is 9. The fourth-order valence-corrected chi connectivity index (χ4v) is 8.37. The molecule has 10 nitrogen and oxygen atoms in total. The lowest BCUT2D eigenvalue weighted by Gasteiger charge is -2.31. The Morgan fingerprint density at radius 1 is 1.12 bits per heavy atom. The summed E-state index contributed by atoms with van der Waals surface area (Å²) < 4.78 is 24.8. The summed E-state index contributed by atoms with van der Waals surface area (Å²) in [5.74, 6) is 0.947. The molecule has 1 saturated heterocycles. The standard InChI is InChI=1S/C38H52FN7O3S/c1-24(2)46(25(3)4)36(48)29-17-28(39)10-12-33(29)49-34-20-41-22-42-35(34)45-14-13-38(21-45)18-27(32(19-38)44-50-37(5,6)7)15-26-9-11-30(40-8)31(16-26)43-23-47/h9-12,16-17,20,22-25,27,32,40,44H,13-15,18-19,21H2,1-8H3,(H,43,47). The second-order valence-corrected chi connectivity index (χ2v) is 16.9. The van der Waals surface area contributed by atoms with Crippen LogP contribution < -0.4 is 25.0 Å². The summed E-state index contributed by atoms with van der Waals surface area (Å²) in [5, 5.41) is 5.99. The van der Waals surface area contributed by atoms with Crippen molar-refractivity contribution >= 4 is 41.5 Å². The van der Waals surface area contributed by atoms with E-state index >= 15 is 0 Å². The van der Waals surface area contributed by atoms with E-state index in [4.69, 9.17) is 4.74 Å². The van der Waals surface area contributed by atoms with E-state index in [9.17, 15) is 14.0 Å². The fourth-order valence-electron chi connectivity index (χ4n) is 7.59. The van der Waals surface area contributed by atoms with Crippen LogP contribution in [0.25, 0.3) is 0 Å². The Morgan fingerprint density at radius 3 is 2.56 bits per heavy atom. The molecule has 2 aromatic carbocycles. The molecule has 3 aromatic rings. The molecule has 5 rings (SSSR count). The number of benzene rings is 2. The number of rotatable bonds is 13. The van der Waals surface area contributed by atoms with Gasteiger partial charge in [0.25, 0.3) is 5.91 Å². The minimum atomic E-state index is -0.503. The molecule has 1 spiro atoms. The van der Waals surface area contributed by atoms with Crippen molar-refractivity contribution in [2.45, 2.75) is 97.0 Å². The molecule has 12 heteroatoms. The molecule has 1 aliphatic carbocycles. The molecule has 3 unspecified atom stereocenters. The molecule has 1 saturated carbocycles. The van der Waals surface area contributed by atoms with E-state index in [2.05, 4.69) is 63.1 Å². The van der Waals surface area contributed by atoms with Crippen molar-refractivity contribution < 1.29 is 18.7 Å². The maximum Gasteiger partial charge on any atom is 0.258 e. The molecule has 2 heterocycles. The highest BCUT2D eigenvalue weighted by Crippen LogP contribution is 2.51. The van der Waals surface area contributed by atoms with Crippen molar-refractivity contribution in [3.63, 3.8) is 0 Å². The van der Waals surface area contributed by atoms with Crippen LogP contribution in [0.5, 0.6) is 11.5 Å². The zero-order valence-corrected chi connectivity index (χ0v) is 31.4. The Balaban J connectivity index is 1.39. The second-order valence-electron chi connectivity index (χ2n) is 15.2. The number of carbonyl (C=O) groups excluding carboxylic acids is 2. The molecule has 50 heavy (non-hydrogen) atoms. The van der Waals surface area contributed by atoms with Crippen LogP contribution in [0.1, 0.15) is 83.7 Å². The highest BCUT2D eigenvalue weighted by atomic mass is 32.2. The van der Waals surface area contributed by atoms with Gasteiger partial charge in [-0.25, -0.2) is 14.4 Å². The Bertz CT molecular complexity index is 1660. The monoisotopic (exact) mass is 705 g/mol. The predicted molar refractivity (Wildman–Crippen MR) is 201 cm³/mol. The number of ether oxygens (including phenoxy) is 1. The van der Waals surface area contributed by atoms with Crippen molar-refractivity contribution in [2.24, 2.45) is 11.3 Å². The Labute approximate surface area is 300 Å². The molecule has 270 valence electrons. The van der Waals surface area contributed by atoms with Crippen molar-refractivity contribution in [1.29, 1.82) is 0 Å². The van der Waals surface area contributed by atoms with E-state index in [0.717, 1.165) is 50.1 Å². The average Bonchev–Trinajstić information content (AvgIpc) is 3.62. The molecule has 2 aliphatic rings. The van der Waals surface area contributed by atoms with Crippen LogP contribution in [0.3, 0.4) is 0 Å². The summed E-state index contributed by atoms with van der Waals surface area (Å²) in [6, 6.07) is 10.4. The third-order valence-electron chi connectivity index (χ3n) is 9.64. The number of amides is 2. The van der Waals surface area contributed by atoms with E-state index in [0.29, 0.717) is 29.9 Å². The highest BCUT2D eigenvalue weighted by molar-refractivity contribution is 7.98. The first-order chi connectivity index (χ1) is 23.7. The molecular weight excluding hydrogens is 654 g/mol. The van der Waals surface area contributed by atoms with E-state index in [1.807, 2.05) is 40.8 Å². The number of halogens is 1. The van der Waals surface area contributed by atoms with Crippen molar-refractivity contribution in [3.8, 4) is 11.5 Å². The van der Waals surface area contributed by atoms with Crippen molar-refractivity contribution in [1.82, 2.24) is 19.6 Å². The quantitative estimate of drug-likeness (QED) is 0.123. The van der Waals surface area contributed by atoms with Crippen LogP contribution in [0.15, 0.2) is 48.9 Å². The van der Waals surface area contributed by atoms with Crippen LogP contribution in [0.4, 0.5) is 21.6 Å². The smallest absolute Gasteiger partial charge is 0.258 e. The van der Waals surface area contributed by atoms with Gasteiger partial charge in [0.15, 0.2) is 11.6 Å². The van der Waals surface area contributed by atoms with Crippen LogP contribution >= 0.6 is 11.9 Å². The lowest BCUT2D eigenvalue weighted by Crippen LogP contribution is -2.42. The SMILES string of the molecule is CNc1ccc(CC2CC3(CCN(c4ncncc4Oc4ccc(F)cc4C(=O)N(C(C)C)C(C)C)C3)CC2NSC(C)(C)C)cc1NC=O. The highest BCUT2D eigenvalue weighted by Gasteiger charge is 2.49. The predicted octanol–water partition coefficient (Wildman–Crippen LogP) is 7.53. The Kier molecular flexibility index (Phi) is 11.6. The van der Waals surface area contributed by atoms with Crippen LogP contribution in [-0.2, 0) is 11.2 Å². The summed E-state index contributed by atoms with van der Waals surface area (Å²) >= 11 is 1.78. The topological polar surface area (TPSA) is 112 Å². The molecule has 1 aromatic heterocycles. The minimum absolute atomic E-state index is 0.0593. The van der Waals surface area contributed by atoms with Gasteiger partial charge < -0.3 is 25.2 Å². The average molecular weight is 706 g/mol. The summed E-state index contributed by atoms with van der Waals surface area (Å²) in [5.41, 5.74) is 3.06. The maximum atomic E-state index is 14.5.